The molecule has 4 nitrogen and oxygen atoms in total. The fourth-order valence-corrected chi connectivity index (χ4v) is 6.89. The fourth-order valence-electron chi connectivity index (χ4n) is 5.54. The van der Waals surface area contributed by atoms with Crippen LogP contribution in [0.1, 0.15) is 86.1 Å². The van der Waals surface area contributed by atoms with Crippen molar-refractivity contribution in [1.29, 1.82) is 0 Å². The lowest BCUT2D eigenvalue weighted by molar-refractivity contribution is -0.137. The zero-order valence-electron chi connectivity index (χ0n) is 26.4. The second-order valence-corrected chi connectivity index (χ2v) is 19.6. The molecule has 1 unspecified atom stereocenters. The smallest absolute Gasteiger partial charge is 0.257 e. The van der Waals surface area contributed by atoms with E-state index in [1.54, 1.807) is 0 Å². The highest BCUT2D eigenvalue weighted by Gasteiger charge is 2.56. The van der Waals surface area contributed by atoms with Crippen molar-refractivity contribution < 1.29 is 14.0 Å². The molecule has 1 amide bonds. The number of nitrogens with zero attached hydrogens (tertiary/aromatic N) is 1. The zero-order valence-corrected chi connectivity index (χ0v) is 28.9. The van der Waals surface area contributed by atoms with Crippen LogP contribution in [0.3, 0.4) is 0 Å². The van der Waals surface area contributed by atoms with E-state index in [0.717, 1.165) is 40.7 Å². The number of carbonyl (C=O) groups is 1. The van der Waals surface area contributed by atoms with Gasteiger partial charge in [-0.05, 0) is 86.3 Å². The molecule has 7 heteroatoms. The van der Waals surface area contributed by atoms with Gasteiger partial charge in [-0.1, -0.05) is 92.5 Å². The summed E-state index contributed by atoms with van der Waals surface area (Å²) in [6, 6.07) is 21.1. The lowest BCUT2D eigenvalue weighted by Gasteiger charge is -2.44. The van der Waals surface area contributed by atoms with Crippen molar-refractivity contribution >= 4 is 43.0 Å². The summed E-state index contributed by atoms with van der Waals surface area (Å²) in [7, 11) is -1.94. The Kier molecular flexibility index (Phi) is 8.56. The Hall–Kier alpha value is -2.41. The number of amides is 1. The minimum Gasteiger partial charge on any atom is -0.416 e. The van der Waals surface area contributed by atoms with E-state index in [-0.39, 0.29) is 22.4 Å². The SMILES string of the molecule is C=C(C)c1ccc2c(c1)C(=O)N([C@@H](C)c1ccc(Cl)cc1)C2(OCC1(CO[Si](C)(C)C(C)(C)C)CC1)c1ccc(Cl)cc1. The molecule has 0 N–H and O–H groups in total. The number of benzene rings is 3. The van der Waals surface area contributed by atoms with Gasteiger partial charge in [0.25, 0.3) is 5.91 Å². The topological polar surface area (TPSA) is 38.8 Å². The standard InChI is InChI=1S/C36H43Cl2NO3Si/c1-24(2)27-11-18-32-31(21-27)33(40)39(25(3)26-9-14-29(37)15-10-26)36(32,28-12-16-30(38)17-13-28)41-22-35(19-20-35)23-42-43(7,8)34(4,5)6/h9-18,21,25H,1,19-20,22-23H2,2-8H3/t25-,36?/m0/s1. The molecule has 0 saturated heterocycles. The number of carbonyl (C=O) groups excluding carboxylic acids is 1. The van der Waals surface area contributed by atoms with Crippen molar-refractivity contribution in [3.8, 4) is 0 Å². The second kappa shape index (κ2) is 11.5. The van der Waals surface area contributed by atoms with Crippen molar-refractivity contribution in [3.63, 3.8) is 0 Å². The van der Waals surface area contributed by atoms with E-state index in [1.165, 1.54) is 0 Å². The largest absolute Gasteiger partial charge is 0.416 e. The molecule has 3 aromatic rings. The Morgan fingerprint density at radius 2 is 1.56 bits per heavy atom. The molecule has 0 spiro atoms. The van der Waals surface area contributed by atoms with E-state index < -0.39 is 14.0 Å². The minimum absolute atomic E-state index is 0.0853. The van der Waals surface area contributed by atoms with Gasteiger partial charge in [0, 0.05) is 38.8 Å². The highest BCUT2D eigenvalue weighted by molar-refractivity contribution is 6.74. The maximum absolute atomic E-state index is 14.6. The molecule has 0 bridgehead atoms. The predicted molar refractivity (Wildman–Crippen MR) is 180 cm³/mol. The molecule has 1 fully saturated rings. The van der Waals surface area contributed by atoms with E-state index in [0.29, 0.717) is 28.8 Å². The average molecular weight is 637 g/mol. The maximum Gasteiger partial charge on any atom is 0.257 e. The summed E-state index contributed by atoms with van der Waals surface area (Å²) in [4.78, 5) is 16.5. The van der Waals surface area contributed by atoms with Crippen molar-refractivity contribution in [2.75, 3.05) is 13.2 Å². The number of allylic oxidation sites excluding steroid dienone is 1. The van der Waals surface area contributed by atoms with E-state index in [1.807, 2.05) is 85.5 Å². The van der Waals surface area contributed by atoms with E-state index >= 15 is 0 Å². The Bertz CT molecular complexity index is 1520. The monoisotopic (exact) mass is 635 g/mol. The van der Waals surface area contributed by atoms with Crippen molar-refractivity contribution in [2.45, 2.75) is 77.4 Å². The lowest BCUT2D eigenvalue weighted by Crippen LogP contribution is -2.49. The van der Waals surface area contributed by atoms with Crippen LogP contribution in [0.25, 0.3) is 5.57 Å². The Morgan fingerprint density at radius 3 is 2.09 bits per heavy atom. The third-order valence-electron chi connectivity index (χ3n) is 9.73. The van der Waals surface area contributed by atoms with Crippen molar-refractivity contribution in [3.05, 3.63) is 111 Å². The molecule has 0 aromatic heterocycles. The van der Waals surface area contributed by atoms with Crippen LogP contribution in [0, 0.1) is 5.41 Å². The van der Waals surface area contributed by atoms with Crippen molar-refractivity contribution in [1.82, 2.24) is 4.90 Å². The maximum atomic E-state index is 14.6. The normalized spacial score (nSPS) is 20.2. The molecular weight excluding hydrogens is 593 g/mol. The van der Waals surface area contributed by atoms with Gasteiger partial charge in [0.15, 0.2) is 14.0 Å². The number of ether oxygens (including phenoxy) is 1. The first-order valence-corrected chi connectivity index (χ1v) is 18.7. The molecule has 1 saturated carbocycles. The summed E-state index contributed by atoms with van der Waals surface area (Å²) in [6.07, 6.45) is 2.06. The summed E-state index contributed by atoms with van der Waals surface area (Å²) < 4.78 is 13.9. The molecule has 1 aliphatic carbocycles. The second-order valence-electron chi connectivity index (χ2n) is 13.9. The molecular formula is C36H43Cl2NO3Si. The van der Waals surface area contributed by atoms with Gasteiger partial charge in [-0.25, -0.2) is 0 Å². The number of fused-ring (bicyclic) bond motifs is 1. The average Bonchev–Trinajstić information content (AvgIpc) is 3.69. The Balaban J connectivity index is 1.62. The summed E-state index contributed by atoms with van der Waals surface area (Å²) in [5.74, 6) is -0.0853. The molecule has 1 heterocycles. The molecule has 43 heavy (non-hydrogen) atoms. The van der Waals surface area contributed by atoms with Crippen LogP contribution in [0.2, 0.25) is 28.2 Å². The van der Waals surface area contributed by atoms with Gasteiger partial charge in [0.05, 0.1) is 12.6 Å². The molecule has 3 aromatic carbocycles. The van der Waals surface area contributed by atoms with Crippen LogP contribution >= 0.6 is 23.2 Å². The van der Waals surface area contributed by atoms with Gasteiger partial charge < -0.3 is 9.16 Å². The zero-order chi connectivity index (χ0) is 31.4. The predicted octanol–water partition coefficient (Wildman–Crippen LogP) is 10.3. The number of rotatable bonds is 10. The van der Waals surface area contributed by atoms with Crippen LogP contribution in [-0.4, -0.2) is 32.3 Å². The molecule has 228 valence electrons. The first-order chi connectivity index (χ1) is 20.1. The molecule has 2 aliphatic rings. The minimum atomic E-state index is -1.94. The Labute approximate surface area is 268 Å². The highest BCUT2D eigenvalue weighted by Crippen LogP contribution is 2.54. The molecule has 0 radical (unpaired) electrons. The summed E-state index contributed by atoms with van der Waals surface area (Å²) in [6.45, 7) is 20.6. The fraction of sp³-hybridized carbons (Fsp3) is 0.417. The van der Waals surface area contributed by atoms with Gasteiger partial charge in [-0.15, -0.1) is 0 Å². The van der Waals surface area contributed by atoms with E-state index in [4.69, 9.17) is 32.4 Å². The summed E-state index contributed by atoms with van der Waals surface area (Å²) in [5.41, 5.74) is 3.84. The first kappa shape index (κ1) is 32.0. The van der Waals surface area contributed by atoms with E-state index in [2.05, 4.69) is 40.4 Å². The van der Waals surface area contributed by atoms with Crippen molar-refractivity contribution in [2.24, 2.45) is 5.41 Å². The van der Waals surface area contributed by atoms with Gasteiger partial charge in [-0.2, -0.15) is 0 Å². The third-order valence-corrected chi connectivity index (χ3v) is 14.7. The van der Waals surface area contributed by atoms with E-state index in [9.17, 15) is 4.79 Å². The molecule has 2 atom stereocenters. The van der Waals surface area contributed by atoms with Crippen LogP contribution in [-0.2, 0) is 14.9 Å². The lowest BCUT2D eigenvalue weighted by atomic mass is 9.90. The van der Waals surface area contributed by atoms with Crippen LogP contribution < -0.4 is 0 Å². The molecule has 5 rings (SSSR count). The van der Waals surface area contributed by atoms with Crippen LogP contribution in [0.4, 0.5) is 0 Å². The van der Waals surface area contributed by atoms with Gasteiger partial charge in [-0.3, -0.25) is 9.69 Å². The summed E-state index contributed by atoms with van der Waals surface area (Å²) in [5, 5.41) is 1.40. The van der Waals surface area contributed by atoms with Crippen LogP contribution in [0.5, 0.6) is 0 Å². The van der Waals surface area contributed by atoms with Gasteiger partial charge in [0.1, 0.15) is 0 Å². The highest BCUT2D eigenvalue weighted by atomic mass is 35.5. The first-order valence-electron chi connectivity index (χ1n) is 15.0. The van der Waals surface area contributed by atoms with Gasteiger partial charge in [0.2, 0.25) is 0 Å². The number of hydrogen-bond acceptors (Lipinski definition) is 3. The van der Waals surface area contributed by atoms with Crippen LogP contribution in [0.15, 0.2) is 73.3 Å². The number of hydrogen-bond donors (Lipinski definition) is 0. The summed E-state index contributed by atoms with van der Waals surface area (Å²) >= 11 is 12.6. The molecule has 1 aliphatic heterocycles. The third kappa shape index (κ3) is 5.99. The van der Waals surface area contributed by atoms with Gasteiger partial charge >= 0.3 is 0 Å². The Morgan fingerprint density at radius 1 is 0.977 bits per heavy atom. The quantitative estimate of drug-likeness (QED) is 0.208. The number of halogens is 2.